The van der Waals surface area contributed by atoms with Gasteiger partial charge < -0.3 is 5.32 Å². The molecule has 0 aliphatic carbocycles. The average Bonchev–Trinajstić information content (AvgIpc) is 3.22. The first-order valence-electron chi connectivity index (χ1n) is 7.86. The van der Waals surface area contributed by atoms with Crippen LogP contribution in [-0.2, 0) is 4.79 Å². The smallest absolute Gasteiger partial charge is 0.237 e. The van der Waals surface area contributed by atoms with Gasteiger partial charge in [-0.1, -0.05) is 47.4 Å². The van der Waals surface area contributed by atoms with E-state index in [2.05, 4.69) is 21.6 Å². The van der Waals surface area contributed by atoms with E-state index in [0.29, 0.717) is 16.4 Å². The quantitative estimate of drug-likeness (QED) is 0.543. The summed E-state index contributed by atoms with van der Waals surface area (Å²) in [6.45, 7) is 1.81. The van der Waals surface area contributed by atoms with Crippen molar-refractivity contribution >= 4 is 49.9 Å². The first kappa shape index (κ1) is 16.6. The first-order valence-corrected chi connectivity index (χ1v) is 9.56. The number of carbonyl (C=O) groups excluding carboxylic acids is 1. The highest BCUT2D eigenvalue weighted by Crippen LogP contribution is 2.31. The number of para-hydroxylation sites is 2. The zero-order valence-corrected chi connectivity index (χ0v) is 15.3. The molecule has 26 heavy (non-hydrogen) atoms. The van der Waals surface area contributed by atoms with Gasteiger partial charge in [0.25, 0.3) is 0 Å². The highest BCUT2D eigenvalue weighted by atomic mass is 32.2. The van der Waals surface area contributed by atoms with Crippen LogP contribution >= 0.6 is 23.1 Å². The third-order valence-electron chi connectivity index (χ3n) is 3.87. The number of thioether (sulfide) groups is 1. The summed E-state index contributed by atoms with van der Waals surface area (Å²) in [7, 11) is 0. The number of rotatable bonds is 4. The minimum Gasteiger partial charge on any atom is -0.324 e. The molecule has 0 spiro atoms. The van der Waals surface area contributed by atoms with Crippen LogP contribution < -0.4 is 5.32 Å². The second-order valence-electron chi connectivity index (χ2n) is 5.58. The van der Waals surface area contributed by atoms with Crippen molar-refractivity contribution in [2.75, 3.05) is 5.32 Å². The lowest BCUT2D eigenvalue weighted by atomic mass is 10.2. The van der Waals surface area contributed by atoms with E-state index in [4.69, 9.17) is 5.26 Å². The Hall–Kier alpha value is -2.89. The number of anilines is 1. The molecule has 1 N–H and O–H groups in total. The Labute approximate surface area is 157 Å². The van der Waals surface area contributed by atoms with E-state index in [1.54, 1.807) is 35.6 Å². The number of thiazole rings is 1. The van der Waals surface area contributed by atoms with Crippen LogP contribution in [0.3, 0.4) is 0 Å². The van der Waals surface area contributed by atoms with Gasteiger partial charge in [-0.05, 0) is 31.2 Å². The summed E-state index contributed by atoms with van der Waals surface area (Å²) in [5, 5.41) is 20.7. The largest absolute Gasteiger partial charge is 0.324 e. The summed E-state index contributed by atoms with van der Waals surface area (Å²) in [6, 6.07) is 17.0. The van der Waals surface area contributed by atoms with Gasteiger partial charge >= 0.3 is 0 Å². The van der Waals surface area contributed by atoms with Crippen LogP contribution in [0.4, 0.5) is 5.69 Å². The number of nitriles is 1. The molecule has 0 aliphatic heterocycles. The van der Waals surface area contributed by atoms with Crippen molar-refractivity contribution in [3.05, 3.63) is 54.1 Å². The molecular formula is C18H13N5OS2. The van der Waals surface area contributed by atoms with Crippen molar-refractivity contribution < 1.29 is 4.79 Å². The van der Waals surface area contributed by atoms with Crippen molar-refractivity contribution in [3.8, 4) is 6.07 Å². The molecule has 1 atom stereocenters. The van der Waals surface area contributed by atoms with E-state index in [1.807, 2.05) is 35.6 Å². The zero-order chi connectivity index (χ0) is 18.1. The molecule has 4 rings (SSSR count). The molecule has 128 valence electrons. The predicted molar refractivity (Wildman–Crippen MR) is 103 cm³/mol. The molecule has 2 aromatic carbocycles. The molecule has 0 saturated carbocycles. The van der Waals surface area contributed by atoms with Gasteiger partial charge in [0.05, 0.1) is 26.7 Å². The molecule has 2 heterocycles. The number of nitrogens with zero attached hydrogens (tertiary/aromatic N) is 4. The number of carbonyl (C=O) groups is 1. The summed E-state index contributed by atoms with van der Waals surface area (Å²) in [5.41, 5.74) is 1.98. The van der Waals surface area contributed by atoms with Gasteiger partial charge in [-0.25, -0.2) is 0 Å². The molecule has 1 amide bonds. The minimum absolute atomic E-state index is 0.186. The molecule has 8 heteroatoms. The van der Waals surface area contributed by atoms with Crippen LogP contribution in [0, 0.1) is 11.3 Å². The minimum atomic E-state index is -0.396. The first-order chi connectivity index (χ1) is 12.7. The van der Waals surface area contributed by atoms with Crippen LogP contribution in [0.25, 0.3) is 15.2 Å². The molecule has 4 aromatic rings. The van der Waals surface area contributed by atoms with E-state index < -0.39 is 5.25 Å². The summed E-state index contributed by atoms with van der Waals surface area (Å²) in [5.74, 6) is -0.186. The number of benzene rings is 2. The van der Waals surface area contributed by atoms with Crippen molar-refractivity contribution in [3.63, 3.8) is 0 Å². The summed E-state index contributed by atoms with van der Waals surface area (Å²) in [4.78, 5) is 13.4. The van der Waals surface area contributed by atoms with Crippen molar-refractivity contribution in [1.29, 1.82) is 5.26 Å². The van der Waals surface area contributed by atoms with Crippen molar-refractivity contribution in [2.24, 2.45) is 0 Å². The number of hydrogen-bond donors (Lipinski definition) is 1. The fourth-order valence-corrected chi connectivity index (χ4v) is 4.45. The van der Waals surface area contributed by atoms with Gasteiger partial charge in [-0.15, -0.1) is 10.2 Å². The molecule has 0 bridgehead atoms. The summed E-state index contributed by atoms with van der Waals surface area (Å²) < 4.78 is 3.09. The lowest BCUT2D eigenvalue weighted by Crippen LogP contribution is -2.23. The second kappa shape index (κ2) is 6.78. The van der Waals surface area contributed by atoms with Crippen molar-refractivity contribution in [2.45, 2.75) is 17.3 Å². The highest BCUT2D eigenvalue weighted by molar-refractivity contribution is 8.00. The highest BCUT2D eigenvalue weighted by Gasteiger charge is 2.20. The van der Waals surface area contributed by atoms with Gasteiger partial charge in [-0.3, -0.25) is 9.20 Å². The molecule has 0 aliphatic rings. The van der Waals surface area contributed by atoms with Crippen LogP contribution in [0.1, 0.15) is 12.5 Å². The van der Waals surface area contributed by atoms with Crippen LogP contribution in [0.5, 0.6) is 0 Å². The fraction of sp³-hybridized carbons (Fsp3) is 0.111. The van der Waals surface area contributed by atoms with Gasteiger partial charge in [0.1, 0.15) is 6.07 Å². The van der Waals surface area contributed by atoms with Gasteiger partial charge in [0, 0.05) is 0 Å². The molecular weight excluding hydrogens is 366 g/mol. The molecule has 0 radical (unpaired) electrons. The number of nitrogens with one attached hydrogen (secondary N) is 1. The lowest BCUT2D eigenvalue weighted by Gasteiger charge is -2.11. The maximum atomic E-state index is 12.5. The average molecular weight is 379 g/mol. The second-order valence-corrected chi connectivity index (χ2v) is 7.89. The Morgan fingerprint density at radius 3 is 2.85 bits per heavy atom. The van der Waals surface area contributed by atoms with E-state index in [9.17, 15) is 4.79 Å². The van der Waals surface area contributed by atoms with Gasteiger partial charge in [-0.2, -0.15) is 5.26 Å². The molecule has 6 nitrogen and oxygen atoms in total. The van der Waals surface area contributed by atoms with Crippen molar-refractivity contribution in [1.82, 2.24) is 14.6 Å². The maximum absolute atomic E-state index is 12.5. The van der Waals surface area contributed by atoms with E-state index >= 15 is 0 Å². The SMILES string of the molecule is CC(Sc1nnc2sc3ccccc3n12)C(=O)Nc1ccccc1C#N. The summed E-state index contributed by atoms with van der Waals surface area (Å²) in [6.07, 6.45) is 0. The Morgan fingerprint density at radius 1 is 1.23 bits per heavy atom. The third-order valence-corrected chi connectivity index (χ3v) is 5.92. The number of fused-ring (bicyclic) bond motifs is 3. The Bertz CT molecular complexity index is 1160. The molecule has 2 aromatic heterocycles. The Balaban J connectivity index is 1.58. The van der Waals surface area contributed by atoms with Gasteiger partial charge in [0.15, 0.2) is 5.16 Å². The Morgan fingerprint density at radius 2 is 2.00 bits per heavy atom. The fourth-order valence-electron chi connectivity index (χ4n) is 2.57. The molecule has 0 saturated heterocycles. The zero-order valence-electron chi connectivity index (χ0n) is 13.7. The molecule has 1 unspecified atom stereocenters. The normalized spacial score (nSPS) is 12.2. The Kier molecular flexibility index (Phi) is 4.32. The molecule has 0 fully saturated rings. The topological polar surface area (TPSA) is 83.1 Å². The number of amides is 1. The monoisotopic (exact) mass is 379 g/mol. The van der Waals surface area contributed by atoms with E-state index in [-0.39, 0.29) is 5.91 Å². The van der Waals surface area contributed by atoms with E-state index in [1.165, 1.54) is 11.8 Å². The standard InChI is InChI=1S/C18H13N5OS2/c1-11(16(24)20-13-7-3-2-6-12(13)10-19)25-17-21-22-18-23(17)14-8-4-5-9-15(14)26-18/h2-9,11H,1H3,(H,20,24). The number of aromatic nitrogens is 3. The van der Waals surface area contributed by atoms with E-state index in [0.717, 1.165) is 15.2 Å². The number of hydrogen-bond acceptors (Lipinski definition) is 6. The predicted octanol–water partition coefficient (Wildman–Crippen LogP) is 3.93. The summed E-state index contributed by atoms with van der Waals surface area (Å²) >= 11 is 2.91. The lowest BCUT2D eigenvalue weighted by molar-refractivity contribution is -0.115. The maximum Gasteiger partial charge on any atom is 0.237 e. The van der Waals surface area contributed by atoms with Crippen LogP contribution in [0.2, 0.25) is 0 Å². The third kappa shape index (κ3) is 2.92. The van der Waals surface area contributed by atoms with Gasteiger partial charge in [0.2, 0.25) is 10.9 Å². The van der Waals surface area contributed by atoms with Crippen LogP contribution in [0.15, 0.2) is 53.7 Å². The van der Waals surface area contributed by atoms with Crippen LogP contribution in [-0.4, -0.2) is 25.8 Å².